The van der Waals surface area contributed by atoms with E-state index in [9.17, 15) is 22.4 Å². The van der Waals surface area contributed by atoms with Gasteiger partial charge in [0, 0.05) is 32.5 Å². The number of benzene rings is 3. The Bertz CT molecular complexity index is 1380. The molecule has 7 nitrogen and oxygen atoms in total. The molecule has 1 N–H and O–H groups in total. The normalized spacial score (nSPS) is 12.0. The molecule has 1 atom stereocenters. The molecule has 220 valence electrons. The summed E-state index contributed by atoms with van der Waals surface area (Å²) in [5.74, 6) is -0.924. The van der Waals surface area contributed by atoms with Crippen LogP contribution in [0.3, 0.4) is 0 Å². The highest BCUT2D eigenvalue weighted by Crippen LogP contribution is 2.21. The van der Waals surface area contributed by atoms with Crippen molar-refractivity contribution in [3.63, 3.8) is 0 Å². The Hall–Kier alpha value is -3.72. The van der Waals surface area contributed by atoms with Crippen molar-refractivity contribution in [2.24, 2.45) is 0 Å². The zero-order chi connectivity index (χ0) is 29.8. The van der Waals surface area contributed by atoms with Crippen LogP contribution in [0.25, 0.3) is 0 Å². The first-order chi connectivity index (χ1) is 19.6. The van der Waals surface area contributed by atoms with Gasteiger partial charge in [0.15, 0.2) is 0 Å². The molecule has 41 heavy (non-hydrogen) atoms. The van der Waals surface area contributed by atoms with Crippen molar-refractivity contribution in [1.82, 2.24) is 10.2 Å². The Labute approximate surface area is 243 Å². The fraction of sp³-hybridized carbons (Fsp3) is 0.375. The highest BCUT2D eigenvalue weighted by Gasteiger charge is 2.30. The molecule has 0 fully saturated rings. The number of aryl methyl sites for hydroxylation is 1. The molecule has 0 radical (unpaired) electrons. The van der Waals surface area contributed by atoms with Gasteiger partial charge in [-0.3, -0.25) is 13.9 Å². The average Bonchev–Trinajstić information content (AvgIpc) is 2.94. The van der Waals surface area contributed by atoms with E-state index in [1.807, 2.05) is 68.4 Å². The van der Waals surface area contributed by atoms with E-state index < -0.39 is 21.9 Å². The summed E-state index contributed by atoms with van der Waals surface area (Å²) in [5.41, 5.74) is 3.21. The van der Waals surface area contributed by atoms with Gasteiger partial charge < -0.3 is 10.2 Å². The number of rotatable bonds is 15. The van der Waals surface area contributed by atoms with Crippen molar-refractivity contribution in [1.29, 1.82) is 0 Å². The summed E-state index contributed by atoms with van der Waals surface area (Å²) in [5, 5.41) is 3.01. The van der Waals surface area contributed by atoms with Gasteiger partial charge in [0.2, 0.25) is 21.8 Å². The maximum Gasteiger partial charge on any atom is 0.243 e. The van der Waals surface area contributed by atoms with Crippen molar-refractivity contribution in [2.75, 3.05) is 23.7 Å². The lowest BCUT2D eigenvalue weighted by Gasteiger charge is -2.32. The van der Waals surface area contributed by atoms with Crippen LogP contribution >= 0.6 is 0 Å². The lowest BCUT2D eigenvalue weighted by Crippen LogP contribution is -2.50. The van der Waals surface area contributed by atoms with Crippen LogP contribution in [0.15, 0.2) is 78.9 Å². The van der Waals surface area contributed by atoms with Gasteiger partial charge in [0.05, 0.1) is 11.9 Å². The van der Waals surface area contributed by atoms with Crippen LogP contribution in [0.5, 0.6) is 0 Å². The minimum atomic E-state index is -3.66. The highest BCUT2D eigenvalue weighted by molar-refractivity contribution is 7.92. The highest BCUT2D eigenvalue weighted by atomic mass is 32.2. The second-order valence-corrected chi connectivity index (χ2v) is 12.1. The van der Waals surface area contributed by atoms with Gasteiger partial charge in [-0.15, -0.1) is 0 Å². The second-order valence-electron chi connectivity index (χ2n) is 10.2. The summed E-state index contributed by atoms with van der Waals surface area (Å²) in [6, 6.07) is 21.8. The molecule has 0 saturated carbocycles. The molecule has 0 aliphatic rings. The fourth-order valence-electron chi connectivity index (χ4n) is 4.64. The minimum Gasteiger partial charge on any atom is -0.354 e. The van der Waals surface area contributed by atoms with Crippen LogP contribution in [0.2, 0.25) is 0 Å². The third kappa shape index (κ3) is 9.70. The molecule has 0 spiro atoms. The molecule has 0 saturated heterocycles. The summed E-state index contributed by atoms with van der Waals surface area (Å²) in [6.07, 6.45) is 3.46. The SMILES string of the molecule is CCCCNC(=O)[C@@H](Cc1ccccc1)N(Cc1ccccc1C)C(=O)CCCN(c1ccc(F)cc1)S(C)(=O)=O. The monoisotopic (exact) mass is 581 g/mol. The third-order valence-electron chi connectivity index (χ3n) is 6.97. The number of carbonyl (C=O) groups is 2. The maximum absolute atomic E-state index is 13.9. The number of unbranched alkanes of at least 4 members (excludes halogenated alkanes) is 1. The second kappa shape index (κ2) is 15.3. The van der Waals surface area contributed by atoms with Crippen molar-refractivity contribution in [3.8, 4) is 0 Å². The Balaban J connectivity index is 1.87. The summed E-state index contributed by atoms with van der Waals surface area (Å²) < 4.78 is 39.6. The molecule has 0 aliphatic carbocycles. The summed E-state index contributed by atoms with van der Waals surface area (Å²) >= 11 is 0. The first-order valence-corrected chi connectivity index (χ1v) is 15.8. The molecule has 2 amide bonds. The van der Waals surface area contributed by atoms with Gasteiger partial charge >= 0.3 is 0 Å². The molecule has 0 aliphatic heterocycles. The lowest BCUT2D eigenvalue weighted by molar-refractivity contribution is -0.141. The van der Waals surface area contributed by atoms with E-state index in [0.717, 1.165) is 35.8 Å². The van der Waals surface area contributed by atoms with Crippen LogP contribution in [0, 0.1) is 12.7 Å². The summed E-state index contributed by atoms with van der Waals surface area (Å²) in [7, 11) is -3.66. The van der Waals surface area contributed by atoms with Crippen molar-refractivity contribution in [3.05, 3.63) is 101 Å². The topological polar surface area (TPSA) is 86.8 Å². The molecule has 3 aromatic carbocycles. The van der Waals surface area contributed by atoms with E-state index >= 15 is 0 Å². The molecular weight excluding hydrogens is 541 g/mol. The number of sulfonamides is 1. The summed E-state index contributed by atoms with van der Waals surface area (Å²) in [6.45, 7) is 4.83. The van der Waals surface area contributed by atoms with Gasteiger partial charge in [0.25, 0.3) is 0 Å². The summed E-state index contributed by atoms with van der Waals surface area (Å²) in [4.78, 5) is 29.0. The van der Waals surface area contributed by atoms with E-state index in [2.05, 4.69) is 5.32 Å². The average molecular weight is 582 g/mol. The van der Waals surface area contributed by atoms with Gasteiger partial charge in [-0.1, -0.05) is 67.9 Å². The molecule has 3 aromatic rings. The molecule has 0 bridgehead atoms. The van der Waals surface area contributed by atoms with E-state index in [1.54, 1.807) is 4.90 Å². The molecule has 0 aromatic heterocycles. The van der Waals surface area contributed by atoms with E-state index in [4.69, 9.17) is 0 Å². The Morgan fingerprint density at radius 2 is 1.59 bits per heavy atom. The van der Waals surface area contributed by atoms with E-state index in [1.165, 1.54) is 28.6 Å². The molecule has 3 rings (SSSR count). The van der Waals surface area contributed by atoms with Gasteiger partial charge in [-0.25, -0.2) is 12.8 Å². The zero-order valence-electron chi connectivity index (χ0n) is 24.1. The van der Waals surface area contributed by atoms with E-state index in [0.29, 0.717) is 18.7 Å². The first kappa shape index (κ1) is 31.8. The predicted molar refractivity (Wildman–Crippen MR) is 161 cm³/mol. The molecule has 9 heteroatoms. The Kier molecular flexibility index (Phi) is 11.9. The van der Waals surface area contributed by atoms with Crippen LogP contribution in [0.1, 0.15) is 49.3 Å². The molecule has 0 heterocycles. The van der Waals surface area contributed by atoms with Crippen molar-refractivity contribution >= 4 is 27.5 Å². The Morgan fingerprint density at radius 3 is 2.22 bits per heavy atom. The largest absolute Gasteiger partial charge is 0.354 e. The van der Waals surface area contributed by atoms with Crippen LogP contribution in [0.4, 0.5) is 10.1 Å². The number of hydrogen-bond donors (Lipinski definition) is 1. The molecule has 0 unspecified atom stereocenters. The van der Waals surface area contributed by atoms with Crippen molar-refractivity contribution < 1.29 is 22.4 Å². The van der Waals surface area contributed by atoms with E-state index in [-0.39, 0.29) is 37.7 Å². The van der Waals surface area contributed by atoms with Gasteiger partial charge in [0.1, 0.15) is 11.9 Å². The van der Waals surface area contributed by atoms with Crippen LogP contribution in [-0.2, 0) is 32.6 Å². The number of hydrogen-bond acceptors (Lipinski definition) is 4. The van der Waals surface area contributed by atoms with Crippen molar-refractivity contribution in [2.45, 2.75) is 58.5 Å². The number of amides is 2. The first-order valence-electron chi connectivity index (χ1n) is 14.0. The van der Waals surface area contributed by atoms with Gasteiger partial charge in [-0.2, -0.15) is 0 Å². The van der Waals surface area contributed by atoms with Crippen LogP contribution in [-0.4, -0.2) is 50.5 Å². The number of nitrogens with zero attached hydrogens (tertiary/aromatic N) is 2. The lowest BCUT2D eigenvalue weighted by atomic mass is 10.0. The number of nitrogens with one attached hydrogen (secondary N) is 1. The van der Waals surface area contributed by atoms with Gasteiger partial charge in [-0.05, 0) is 60.7 Å². The third-order valence-corrected chi connectivity index (χ3v) is 8.16. The smallest absolute Gasteiger partial charge is 0.243 e. The maximum atomic E-state index is 13.9. The number of anilines is 1. The minimum absolute atomic E-state index is 0.0344. The van der Waals surface area contributed by atoms with Crippen LogP contribution < -0.4 is 9.62 Å². The number of halogens is 1. The molecular formula is C32H40FN3O4S. The zero-order valence-corrected chi connectivity index (χ0v) is 24.9. The quantitative estimate of drug-likeness (QED) is 0.249. The Morgan fingerprint density at radius 1 is 0.927 bits per heavy atom. The fourth-order valence-corrected chi connectivity index (χ4v) is 5.61. The number of carbonyl (C=O) groups excluding carboxylic acids is 2. The standard InChI is InChI=1S/C32H40FN3O4S/c1-4-5-21-34-32(38)30(23-26-13-7-6-8-14-26)35(24-27-15-10-9-12-25(27)2)31(37)16-11-22-36(41(3,39)40)29-19-17-28(33)18-20-29/h6-10,12-15,17-20,30H,4-5,11,16,21-24H2,1-3H3,(H,34,38)/t30-/m1/s1. The predicted octanol–water partition coefficient (Wildman–Crippen LogP) is 5.24.